The zero-order chi connectivity index (χ0) is 12.0. The van der Waals surface area contributed by atoms with Crippen LogP contribution >= 0.6 is 0 Å². The van der Waals surface area contributed by atoms with Crippen LogP contribution in [0.25, 0.3) is 0 Å². The molecule has 0 aromatic rings. The van der Waals surface area contributed by atoms with Gasteiger partial charge in [-0.25, -0.2) is 0 Å². The monoisotopic (exact) mass is 228 g/mol. The van der Waals surface area contributed by atoms with Gasteiger partial charge in [-0.05, 0) is 47.1 Å². The summed E-state index contributed by atoms with van der Waals surface area (Å²) in [6.45, 7) is 14.1. The van der Waals surface area contributed by atoms with Crippen LogP contribution in [0, 0.1) is 0 Å². The Balaban J connectivity index is 2.35. The molecule has 0 spiro atoms. The fraction of sp³-hybridized carbons (Fsp3) is 1.00. The average molecular weight is 228 g/mol. The van der Waals surface area contributed by atoms with Crippen LogP contribution in [-0.4, -0.2) is 49.3 Å². The van der Waals surface area contributed by atoms with E-state index in [9.17, 15) is 0 Å². The van der Waals surface area contributed by atoms with Crippen LogP contribution in [0.2, 0.25) is 0 Å². The standard InChI is InChI=1S/C13H28N2O/c1-5-16-10-6-9-15-11-13(3,4)14-8-7-12(15)2/h12,14H,5-11H2,1-4H3. The molecule has 1 atom stereocenters. The lowest BCUT2D eigenvalue weighted by molar-refractivity contribution is 0.117. The molecule has 3 heteroatoms. The summed E-state index contributed by atoms with van der Waals surface area (Å²) in [5.74, 6) is 0. The Kier molecular flexibility index (Phi) is 5.73. The lowest BCUT2D eigenvalue weighted by Gasteiger charge is -2.32. The highest BCUT2D eigenvalue weighted by molar-refractivity contribution is 4.87. The molecule has 0 aromatic heterocycles. The summed E-state index contributed by atoms with van der Waals surface area (Å²) in [5.41, 5.74) is 0.246. The first-order valence-corrected chi connectivity index (χ1v) is 6.62. The predicted molar refractivity (Wildman–Crippen MR) is 68.8 cm³/mol. The van der Waals surface area contributed by atoms with Crippen molar-refractivity contribution in [3.63, 3.8) is 0 Å². The second kappa shape index (κ2) is 6.58. The first-order chi connectivity index (χ1) is 7.55. The van der Waals surface area contributed by atoms with Gasteiger partial charge in [0.2, 0.25) is 0 Å². The van der Waals surface area contributed by atoms with Gasteiger partial charge in [-0.3, -0.25) is 4.90 Å². The lowest BCUT2D eigenvalue weighted by atomic mass is 10.1. The Bertz CT molecular complexity index is 194. The van der Waals surface area contributed by atoms with Crippen LogP contribution in [-0.2, 0) is 4.74 Å². The SMILES string of the molecule is CCOCCCN1CC(C)(C)NCCC1C. The van der Waals surface area contributed by atoms with E-state index in [-0.39, 0.29) is 5.54 Å². The number of hydrogen-bond acceptors (Lipinski definition) is 3. The highest BCUT2D eigenvalue weighted by atomic mass is 16.5. The van der Waals surface area contributed by atoms with E-state index in [1.807, 2.05) is 0 Å². The van der Waals surface area contributed by atoms with Crippen LogP contribution in [0.5, 0.6) is 0 Å². The van der Waals surface area contributed by atoms with Gasteiger partial charge in [-0.1, -0.05) is 0 Å². The summed E-state index contributed by atoms with van der Waals surface area (Å²) in [7, 11) is 0. The molecule has 1 N–H and O–H groups in total. The van der Waals surface area contributed by atoms with Crippen molar-refractivity contribution in [2.24, 2.45) is 0 Å². The zero-order valence-corrected chi connectivity index (χ0v) is 11.4. The number of nitrogens with zero attached hydrogens (tertiary/aromatic N) is 1. The Morgan fingerprint density at radius 1 is 1.44 bits per heavy atom. The summed E-state index contributed by atoms with van der Waals surface area (Å²) >= 11 is 0. The molecular weight excluding hydrogens is 200 g/mol. The van der Waals surface area contributed by atoms with Crippen LogP contribution < -0.4 is 5.32 Å². The molecule has 1 heterocycles. The van der Waals surface area contributed by atoms with Gasteiger partial charge in [0.1, 0.15) is 0 Å². The Morgan fingerprint density at radius 2 is 2.19 bits per heavy atom. The Labute approximate surface area is 101 Å². The minimum Gasteiger partial charge on any atom is -0.382 e. The Morgan fingerprint density at radius 3 is 2.88 bits per heavy atom. The van der Waals surface area contributed by atoms with Gasteiger partial charge < -0.3 is 10.1 Å². The second-order valence-corrected chi connectivity index (χ2v) is 5.47. The van der Waals surface area contributed by atoms with Crippen LogP contribution in [0.4, 0.5) is 0 Å². The summed E-state index contributed by atoms with van der Waals surface area (Å²) in [6.07, 6.45) is 2.40. The highest BCUT2D eigenvalue weighted by Gasteiger charge is 2.27. The summed E-state index contributed by atoms with van der Waals surface area (Å²) in [4.78, 5) is 2.60. The number of hydrogen-bond donors (Lipinski definition) is 1. The number of nitrogens with one attached hydrogen (secondary N) is 1. The third kappa shape index (κ3) is 4.81. The maximum Gasteiger partial charge on any atom is 0.0478 e. The first kappa shape index (κ1) is 13.9. The van der Waals surface area contributed by atoms with Gasteiger partial charge in [0.05, 0.1) is 0 Å². The third-order valence-corrected chi connectivity index (χ3v) is 3.33. The molecule has 0 aromatic carbocycles. The number of rotatable bonds is 5. The zero-order valence-electron chi connectivity index (χ0n) is 11.4. The maximum absolute atomic E-state index is 5.40. The third-order valence-electron chi connectivity index (χ3n) is 3.33. The van der Waals surface area contributed by atoms with Gasteiger partial charge in [0, 0.05) is 37.9 Å². The molecular formula is C13H28N2O. The second-order valence-electron chi connectivity index (χ2n) is 5.47. The van der Waals surface area contributed by atoms with E-state index in [1.54, 1.807) is 0 Å². The van der Waals surface area contributed by atoms with Crippen molar-refractivity contribution >= 4 is 0 Å². The van der Waals surface area contributed by atoms with Crippen molar-refractivity contribution in [3.8, 4) is 0 Å². The van der Waals surface area contributed by atoms with E-state index in [1.165, 1.54) is 6.42 Å². The van der Waals surface area contributed by atoms with Crippen molar-refractivity contribution in [2.45, 2.75) is 52.1 Å². The Hall–Kier alpha value is -0.120. The first-order valence-electron chi connectivity index (χ1n) is 6.62. The summed E-state index contributed by atoms with van der Waals surface area (Å²) in [6, 6.07) is 0.691. The van der Waals surface area contributed by atoms with Crippen LogP contribution in [0.3, 0.4) is 0 Å². The molecule has 96 valence electrons. The average Bonchev–Trinajstić information content (AvgIpc) is 2.33. The minimum atomic E-state index is 0.246. The van der Waals surface area contributed by atoms with Crippen molar-refractivity contribution in [1.82, 2.24) is 10.2 Å². The molecule has 1 aliphatic rings. The minimum absolute atomic E-state index is 0.246. The van der Waals surface area contributed by atoms with Crippen molar-refractivity contribution in [3.05, 3.63) is 0 Å². The molecule has 1 saturated heterocycles. The topological polar surface area (TPSA) is 24.5 Å². The fourth-order valence-electron chi connectivity index (χ4n) is 2.33. The van der Waals surface area contributed by atoms with E-state index in [2.05, 4.69) is 37.9 Å². The molecule has 0 amide bonds. The lowest BCUT2D eigenvalue weighted by Crippen LogP contribution is -2.47. The van der Waals surface area contributed by atoms with E-state index < -0.39 is 0 Å². The van der Waals surface area contributed by atoms with Gasteiger partial charge in [0.15, 0.2) is 0 Å². The largest absolute Gasteiger partial charge is 0.382 e. The van der Waals surface area contributed by atoms with Crippen molar-refractivity contribution in [1.29, 1.82) is 0 Å². The summed E-state index contributed by atoms with van der Waals surface area (Å²) < 4.78 is 5.40. The molecule has 0 aliphatic carbocycles. The predicted octanol–water partition coefficient (Wildman–Crippen LogP) is 1.88. The molecule has 1 unspecified atom stereocenters. The quantitative estimate of drug-likeness (QED) is 0.727. The van der Waals surface area contributed by atoms with E-state index in [0.29, 0.717) is 6.04 Å². The van der Waals surface area contributed by atoms with Gasteiger partial charge in [-0.2, -0.15) is 0 Å². The molecule has 3 nitrogen and oxygen atoms in total. The summed E-state index contributed by atoms with van der Waals surface area (Å²) in [5, 5.41) is 3.61. The van der Waals surface area contributed by atoms with E-state index >= 15 is 0 Å². The van der Waals surface area contributed by atoms with E-state index in [0.717, 1.165) is 39.3 Å². The van der Waals surface area contributed by atoms with Crippen LogP contribution in [0.1, 0.15) is 40.5 Å². The number of ether oxygens (including phenoxy) is 1. The molecule has 1 aliphatic heterocycles. The normalized spacial score (nSPS) is 26.6. The fourth-order valence-corrected chi connectivity index (χ4v) is 2.33. The molecule has 0 radical (unpaired) electrons. The maximum atomic E-state index is 5.40. The molecule has 16 heavy (non-hydrogen) atoms. The van der Waals surface area contributed by atoms with Crippen LogP contribution in [0.15, 0.2) is 0 Å². The smallest absolute Gasteiger partial charge is 0.0478 e. The molecule has 1 fully saturated rings. The van der Waals surface area contributed by atoms with Crippen molar-refractivity contribution in [2.75, 3.05) is 32.8 Å². The van der Waals surface area contributed by atoms with Gasteiger partial charge >= 0.3 is 0 Å². The van der Waals surface area contributed by atoms with Gasteiger partial charge in [-0.15, -0.1) is 0 Å². The molecule has 0 saturated carbocycles. The van der Waals surface area contributed by atoms with Crippen molar-refractivity contribution < 1.29 is 4.74 Å². The molecule has 1 rings (SSSR count). The molecule has 0 bridgehead atoms. The van der Waals surface area contributed by atoms with E-state index in [4.69, 9.17) is 4.74 Å². The van der Waals surface area contributed by atoms with Gasteiger partial charge in [0.25, 0.3) is 0 Å². The highest BCUT2D eigenvalue weighted by Crippen LogP contribution is 2.15.